The van der Waals surface area contributed by atoms with Crippen molar-refractivity contribution in [2.45, 2.75) is 33.2 Å². The fraction of sp³-hybridized carbons (Fsp3) is 0.128. The fourth-order valence-electron chi connectivity index (χ4n) is 6.45. The summed E-state index contributed by atoms with van der Waals surface area (Å²) < 4.78 is 1.99. The Morgan fingerprint density at radius 3 is 2.32 bits per heavy atom. The SMILES string of the molecule is Cc1nn(Cc2ccc3cnncc3c2)c(C)c1-c1ccc(C#N)c(Cl)c1.O=C1CCC(=O)c2c1ccc1c2ccc2ccccc21. The van der Waals surface area contributed by atoms with Crippen molar-refractivity contribution >= 4 is 55.5 Å². The quantitative estimate of drug-likeness (QED) is 0.180. The summed E-state index contributed by atoms with van der Waals surface area (Å²) in [6.45, 7) is 4.70. The van der Waals surface area contributed by atoms with E-state index in [1.54, 1.807) is 18.5 Å². The minimum atomic E-state index is 0.0784. The average Bonchev–Trinajstić information content (AvgIpc) is 3.37. The van der Waals surface area contributed by atoms with Crippen molar-refractivity contribution in [3.05, 3.63) is 136 Å². The topological polar surface area (TPSA) is 102 Å². The molecular formula is C39H28ClN5O2. The van der Waals surface area contributed by atoms with Gasteiger partial charge < -0.3 is 0 Å². The van der Waals surface area contributed by atoms with Crippen molar-refractivity contribution < 1.29 is 9.59 Å². The highest BCUT2D eigenvalue weighted by molar-refractivity contribution is 6.32. The Morgan fingerprint density at radius 2 is 1.51 bits per heavy atom. The van der Waals surface area contributed by atoms with Crippen LogP contribution < -0.4 is 0 Å². The molecule has 0 atom stereocenters. The third kappa shape index (κ3) is 5.54. The van der Waals surface area contributed by atoms with E-state index in [1.165, 1.54) is 0 Å². The van der Waals surface area contributed by atoms with Crippen LogP contribution >= 0.6 is 11.6 Å². The molecule has 1 aliphatic rings. The third-order valence-electron chi connectivity index (χ3n) is 8.79. The van der Waals surface area contributed by atoms with E-state index in [-0.39, 0.29) is 11.6 Å². The summed E-state index contributed by atoms with van der Waals surface area (Å²) in [5.41, 5.74) is 6.82. The van der Waals surface area contributed by atoms with Crippen LogP contribution in [0.15, 0.2) is 97.3 Å². The van der Waals surface area contributed by atoms with Gasteiger partial charge in [-0.25, -0.2) is 0 Å². The van der Waals surface area contributed by atoms with Gasteiger partial charge in [0, 0.05) is 46.0 Å². The summed E-state index contributed by atoms with van der Waals surface area (Å²) in [7, 11) is 0. The van der Waals surface area contributed by atoms with E-state index in [1.807, 2.05) is 73.1 Å². The number of aryl methyl sites for hydroxylation is 1. The van der Waals surface area contributed by atoms with Crippen molar-refractivity contribution in [3.8, 4) is 17.2 Å². The molecule has 2 aromatic heterocycles. The molecule has 0 aliphatic heterocycles. The second-order valence-corrected chi connectivity index (χ2v) is 12.1. The second-order valence-electron chi connectivity index (χ2n) is 11.7. The third-order valence-corrected chi connectivity index (χ3v) is 9.10. The number of aromatic nitrogens is 4. The molecule has 5 aromatic carbocycles. The summed E-state index contributed by atoms with van der Waals surface area (Å²) in [5.74, 6) is 0.162. The van der Waals surface area contributed by atoms with Crippen LogP contribution in [-0.4, -0.2) is 31.5 Å². The molecule has 0 N–H and O–H groups in total. The smallest absolute Gasteiger partial charge is 0.164 e. The largest absolute Gasteiger partial charge is 0.294 e. The van der Waals surface area contributed by atoms with Gasteiger partial charge in [0.2, 0.25) is 0 Å². The monoisotopic (exact) mass is 633 g/mol. The lowest BCUT2D eigenvalue weighted by Crippen LogP contribution is -2.17. The molecule has 0 bridgehead atoms. The van der Waals surface area contributed by atoms with Gasteiger partial charge in [-0.1, -0.05) is 78.3 Å². The highest BCUT2D eigenvalue weighted by Crippen LogP contribution is 2.34. The lowest BCUT2D eigenvalue weighted by Gasteiger charge is -2.16. The number of nitrogens with zero attached hydrogens (tertiary/aromatic N) is 5. The zero-order valence-corrected chi connectivity index (χ0v) is 26.5. The molecule has 0 amide bonds. The maximum Gasteiger partial charge on any atom is 0.164 e. The van der Waals surface area contributed by atoms with Crippen LogP contribution in [0.1, 0.15) is 56.1 Å². The van der Waals surface area contributed by atoms with Gasteiger partial charge in [0.25, 0.3) is 0 Å². The van der Waals surface area contributed by atoms with E-state index in [2.05, 4.69) is 40.5 Å². The van der Waals surface area contributed by atoms with Crippen molar-refractivity contribution in [1.29, 1.82) is 5.26 Å². The molecule has 8 heteroatoms. The highest BCUT2D eigenvalue weighted by atomic mass is 35.5. The molecule has 0 radical (unpaired) electrons. The molecule has 7 aromatic rings. The normalized spacial score (nSPS) is 12.6. The van der Waals surface area contributed by atoms with Crippen LogP contribution in [0, 0.1) is 25.2 Å². The number of halogens is 1. The number of Topliss-reactive ketones (excluding diaryl/α,β-unsaturated/α-hetero) is 2. The molecule has 0 unspecified atom stereocenters. The average molecular weight is 634 g/mol. The zero-order valence-electron chi connectivity index (χ0n) is 25.8. The summed E-state index contributed by atoms with van der Waals surface area (Å²) in [6, 6.07) is 29.7. The summed E-state index contributed by atoms with van der Waals surface area (Å²) >= 11 is 6.22. The number of ketones is 2. The summed E-state index contributed by atoms with van der Waals surface area (Å²) in [4.78, 5) is 24.2. The predicted octanol–water partition coefficient (Wildman–Crippen LogP) is 8.84. The number of benzene rings is 5. The molecule has 8 rings (SSSR count). The highest BCUT2D eigenvalue weighted by Gasteiger charge is 2.25. The van der Waals surface area contributed by atoms with Gasteiger partial charge >= 0.3 is 0 Å². The fourth-order valence-corrected chi connectivity index (χ4v) is 6.68. The molecule has 0 saturated heterocycles. The second kappa shape index (κ2) is 12.2. The number of hydrogen-bond acceptors (Lipinski definition) is 6. The maximum atomic E-state index is 12.2. The number of nitriles is 1. The van der Waals surface area contributed by atoms with E-state index in [4.69, 9.17) is 22.0 Å². The van der Waals surface area contributed by atoms with Gasteiger partial charge in [0.05, 0.1) is 35.2 Å². The first-order valence-corrected chi connectivity index (χ1v) is 15.6. The molecular weight excluding hydrogens is 606 g/mol. The molecule has 0 spiro atoms. The van der Waals surface area contributed by atoms with Gasteiger partial charge in [-0.3, -0.25) is 14.3 Å². The molecule has 47 heavy (non-hydrogen) atoms. The van der Waals surface area contributed by atoms with Crippen LogP contribution in [0.4, 0.5) is 0 Å². The van der Waals surface area contributed by atoms with Gasteiger partial charge in [0.1, 0.15) is 6.07 Å². The molecule has 1 aliphatic carbocycles. The van der Waals surface area contributed by atoms with Crippen LogP contribution in [0.25, 0.3) is 43.4 Å². The summed E-state index contributed by atoms with van der Waals surface area (Å²) in [6.07, 6.45) is 4.20. The van der Waals surface area contributed by atoms with Crippen LogP contribution in [-0.2, 0) is 6.54 Å². The minimum absolute atomic E-state index is 0.0784. The van der Waals surface area contributed by atoms with E-state index < -0.39 is 0 Å². The van der Waals surface area contributed by atoms with Gasteiger partial charge in [0.15, 0.2) is 11.6 Å². The van der Waals surface area contributed by atoms with E-state index in [9.17, 15) is 9.59 Å². The lowest BCUT2D eigenvalue weighted by molar-refractivity contribution is 0.0892. The number of rotatable bonds is 3. The Bertz CT molecular complexity index is 2440. The zero-order chi connectivity index (χ0) is 32.7. The number of carbonyl (C=O) groups excluding carboxylic acids is 2. The predicted molar refractivity (Wildman–Crippen MR) is 185 cm³/mol. The van der Waals surface area contributed by atoms with Gasteiger partial charge in [-0.2, -0.15) is 20.6 Å². The van der Waals surface area contributed by atoms with Crippen LogP contribution in [0.2, 0.25) is 5.02 Å². The molecule has 7 nitrogen and oxygen atoms in total. The van der Waals surface area contributed by atoms with Crippen molar-refractivity contribution in [3.63, 3.8) is 0 Å². The van der Waals surface area contributed by atoms with E-state index >= 15 is 0 Å². The van der Waals surface area contributed by atoms with Crippen molar-refractivity contribution in [1.82, 2.24) is 20.0 Å². The Labute approximate surface area is 276 Å². The first-order valence-electron chi connectivity index (χ1n) is 15.3. The standard InChI is InChI=1S/C21H16ClN5.C18H12O2/c1-13-21(16-5-6-17(9-23)20(22)8-16)14(2)27(26-13)12-15-3-4-18-10-24-25-11-19(18)7-15;19-16-9-10-17(20)18-14-6-5-11-3-1-2-4-12(11)13(14)7-8-15(16)18/h3-8,10-11H,12H2,1-2H3;1-8H,9-10H2. The maximum absolute atomic E-state index is 12.2. The number of hydrogen-bond donors (Lipinski definition) is 0. The molecule has 2 heterocycles. The van der Waals surface area contributed by atoms with Gasteiger partial charge in [-0.15, -0.1) is 0 Å². The Hall–Kier alpha value is -5.71. The van der Waals surface area contributed by atoms with E-state index in [0.29, 0.717) is 41.1 Å². The van der Waals surface area contributed by atoms with Crippen LogP contribution in [0.3, 0.4) is 0 Å². The van der Waals surface area contributed by atoms with Crippen LogP contribution in [0.5, 0.6) is 0 Å². The Balaban J connectivity index is 0.000000156. The first-order chi connectivity index (χ1) is 22.8. The van der Waals surface area contributed by atoms with Crippen molar-refractivity contribution in [2.24, 2.45) is 0 Å². The first kappa shape index (κ1) is 30.0. The Morgan fingerprint density at radius 1 is 0.766 bits per heavy atom. The molecule has 228 valence electrons. The number of fused-ring (bicyclic) bond motifs is 6. The van der Waals surface area contributed by atoms with E-state index in [0.717, 1.165) is 60.4 Å². The number of carbonyl (C=O) groups is 2. The lowest BCUT2D eigenvalue weighted by atomic mass is 9.85. The molecule has 0 saturated carbocycles. The minimum Gasteiger partial charge on any atom is -0.294 e. The Kier molecular flexibility index (Phi) is 7.80. The van der Waals surface area contributed by atoms with Gasteiger partial charge in [-0.05, 0) is 64.7 Å². The molecule has 0 fully saturated rings. The van der Waals surface area contributed by atoms with Crippen molar-refractivity contribution in [2.75, 3.05) is 0 Å². The summed E-state index contributed by atoms with van der Waals surface area (Å²) in [5, 5.41) is 28.4.